The van der Waals surface area contributed by atoms with Crippen molar-refractivity contribution in [3.8, 4) is 0 Å². The summed E-state index contributed by atoms with van der Waals surface area (Å²) in [5.41, 5.74) is 3.76. The van der Waals surface area contributed by atoms with E-state index in [9.17, 15) is 4.79 Å². The second kappa shape index (κ2) is 5.65. The molecule has 0 amide bonds. The maximum Gasteiger partial charge on any atom is 0.304 e. The Hall–Kier alpha value is -1.60. The number of hydrogen-bond acceptors (Lipinski definition) is 4. The number of alkyl halides is 1. The van der Waals surface area contributed by atoms with Crippen LogP contribution in [0.5, 0.6) is 0 Å². The Morgan fingerprint density at radius 1 is 1.48 bits per heavy atom. The summed E-state index contributed by atoms with van der Waals surface area (Å²) in [6.07, 6.45) is 1.53. The quantitative estimate of drug-likeness (QED) is 0.729. The van der Waals surface area contributed by atoms with Crippen LogP contribution in [0.3, 0.4) is 0 Å². The highest BCUT2D eigenvalue weighted by atomic mass is 35.5. The largest absolute Gasteiger partial charge is 0.315 e. The lowest BCUT2D eigenvalue weighted by molar-refractivity contribution is 0.681. The molecule has 3 aromatic heterocycles. The van der Waals surface area contributed by atoms with Crippen molar-refractivity contribution in [2.45, 2.75) is 26.3 Å². The maximum atomic E-state index is 11.3. The average Bonchev–Trinajstić information content (AvgIpc) is 3.09. The normalized spacial score (nSPS) is 11.6. The summed E-state index contributed by atoms with van der Waals surface area (Å²) in [6.45, 7) is 2.64. The summed E-state index contributed by atoms with van der Waals surface area (Å²) in [6, 6.07) is 0. The van der Waals surface area contributed by atoms with E-state index in [-0.39, 0.29) is 4.87 Å². The molecule has 3 rings (SSSR count). The molecule has 112 valence electrons. The predicted molar refractivity (Wildman–Crippen MR) is 84.3 cm³/mol. The Morgan fingerprint density at radius 3 is 2.90 bits per heavy atom. The van der Waals surface area contributed by atoms with Crippen molar-refractivity contribution in [1.82, 2.24) is 24.3 Å². The highest BCUT2D eigenvalue weighted by Crippen LogP contribution is 2.21. The fourth-order valence-electron chi connectivity index (χ4n) is 2.53. The standard InChI is InChI=1S/C13H16ClN5OS/c1-3-9-11-12(18(2)17-9)19(10(16-11)4-5-14)6-8-7-21-13(20)15-8/h7H,3-6H2,1-2H3,(H,15,20). The minimum atomic E-state index is -0.0421. The first-order valence-corrected chi connectivity index (χ1v) is 8.19. The number of aryl methyl sites for hydroxylation is 3. The van der Waals surface area contributed by atoms with Gasteiger partial charge in [-0.25, -0.2) is 4.98 Å². The zero-order valence-electron chi connectivity index (χ0n) is 11.9. The smallest absolute Gasteiger partial charge is 0.304 e. The zero-order valence-corrected chi connectivity index (χ0v) is 13.5. The van der Waals surface area contributed by atoms with Crippen LogP contribution in [0, 0.1) is 0 Å². The Morgan fingerprint density at radius 2 is 2.29 bits per heavy atom. The number of nitrogens with one attached hydrogen (secondary N) is 1. The third kappa shape index (κ3) is 2.51. The highest BCUT2D eigenvalue weighted by Gasteiger charge is 2.18. The topological polar surface area (TPSA) is 68.5 Å². The summed E-state index contributed by atoms with van der Waals surface area (Å²) in [5.74, 6) is 1.44. The first kappa shape index (κ1) is 14.3. The summed E-state index contributed by atoms with van der Waals surface area (Å²) in [4.78, 5) is 18.8. The van der Waals surface area contributed by atoms with Crippen molar-refractivity contribution in [2.24, 2.45) is 7.05 Å². The van der Waals surface area contributed by atoms with Crippen LogP contribution in [0.2, 0.25) is 0 Å². The predicted octanol–water partition coefficient (Wildman–Crippen LogP) is 1.91. The number of hydrogen-bond donors (Lipinski definition) is 1. The van der Waals surface area contributed by atoms with Crippen molar-refractivity contribution in [1.29, 1.82) is 0 Å². The Labute approximate surface area is 130 Å². The van der Waals surface area contributed by atoms with E-state index < -0.39 is 0 Å². The number of aromatic amines is 1. The van der Waals surface area contributed by atoms with Gasteiger partial charge in [-0.3, -0.25) is 9.48 Å². The van der Waals surface area contributed by atoms with Crippen LogP contribution < -0.4 is 4.87 Å². The fraction of sp³-hybridized carbons (Fsp3) is 0.462. The van der Waals surface area contributed by atoms with Crippen LogP contribution in [-0.2, 0) is 26.4 Å². The van der Waals surface area contributed by atoms with Crippen LogP contribution in [-0.4, -0.2) is 30.2 Å². The Kier molecular flexibility index (Phi) is 3.86. The summed E-state index contributed by atoms with van der Waals surface area (Å²) < 4.78 is 3.94. The second-order valence-electron chi connectivity index (χ2n) is 4.82. The molecule has 0 bridgehead atoms. The Balaban J connectivity index is 2.15. The third-order valence-corrected chi connectivity index (χ3v) is 4.33. The number of H-pyrrole nitrogens is 1. The molecule has 0 atom stereocenters. The first-order chi connectivity index (χ1) is 10.1. The van der Waals surface area contributed by atoms with Gasteiger partial charge in [0.2, 0.25) is 0 Å². The molecule has 21 heavy (non-hydrogen) atoms. The van der Waals surface area contributed by atoms with E-state index in [1.165, 1.54) is 11.3 Å². The second-order valence-corrected chi connectivity index (χ2v) is 6.04. The fourth-order valence-corrected chi connectivity index (χ4v) is 3.27. The molecule has 3 aromatic rings. The van der Waals surface area contributed by atoms with Crippen molar-refractivity contribution in [3.05, 3.63) is 32.3 Å². The van der Waals surface area contributed by atoms with Crippen molar-refractivity contribution in [2.75, 3.05) is 5.88 Å². The van der Waals surface area contributed by atoms with Gasteiger partial charge in [-0.2, -0.15) is 5.10 Å². The van der Waals surface area contributed by atoms with Gasteiger partial charge in [-0.1, -0.05) is 18.3 Å². The number of thiazole rings is 1. The molecular weight excluding hydrogens is 310 g/mol. The van der Waals surface area contributed by atoms with Gasteiger partial charge < -0.3 is 9.55 Å². The number of rotatable bonds is 5. The van der Waals surface area contributed by atoms with E-state index in [1.54, 1.807) is 0 Å². The molecule has 0 saturated heterocycles. The highest BCUT2D eigenvalue weighted by molar-refractivity contribution is 7.07. The molecule has 0 aliphatic heterocycles. The molecule has 1 N–H and O–H groups in total. The number of fused-ring (bicyclic) bond motifs is 1. The Bertz CT molecular complexity index is 827. The van der Waals surface area contributed by atoms with E-state index in [0.29, 0.717) is 18.8 Å². The summed E-state index contributed by atoms with van der Waals surface area (Å²) >= 11 is 7.06. The molecule has 8 heteroatoms. The van der Waals surface area contributed by atoms with Gasteiger partial charge in [0.1, 0.15) is 11.3 Å². The molecule has 0 aliphatic carbocycles. The SMILES string of the molecule is CCc1nn(C)c2c1nc(CCCl)n2Cc1csc(=O)[nH]1. The van der Waals surface area contributed by atoms with E-state index in [4.69, 9.17) is 16.6 Å². The molecule has 0 spiro atoms. The van der Waals surface area contributed by atoms with Gasteiger partial charge in [0, 0.05) is 30.4 Å². The van der Waals surface area contributed by atoms with Gasteiger partial charge in [0.25, 0.3) is 0 Å². The van der Waals surface area contributed by atoms with Crippen LogP contribution in [0.4, 0.5) is 0 Å². The lowest BCUT2D eigenvalue weighted by Crippen LogP contribution is -2.10. The lowest BCUT2D eigenvalue weighted by atomic mass is 10.3. The van der Waals surface area contributed by atoms with E-state index in [0.717, 1.165) is 34.8 Å². The van der Waals surface area contributed by atoms with Crippen molar-refractivity contribution in [3.63, 3.8) is 0 Å². The number of halogens is 1. The molecule has 0 radical (unpaired) electrons. The minimum Gasteiger partial charge on any atom is -0.315 e. The molecule has 0 saturated carbocycles. The van der Waals surface area contributed by atoms with Gasteiger partial charge in [0.15, 0.2) is 5.65 Å². The number of nitrogens with zero attached hydrogens (tertiary/aromatic N) is 4. The monoisotopic (exact) mass is 325 g/mol. The average molecular weight is 326 g/mol. The molecule has 0 aliphatic rings. The van der Waals surface area contributed by atoms with Gasteiger partial charge in [-0.15, -0.1) is 11.6 Å². The molecule has 0 fully saturated rings. The van der Waals surface area contributed by atoms with Crippen LogP contribution in [0.15, 0.2) is 10.2 Å². The molecule has 0 aromatic carbocycles. The van der Waals surface area contributed by atoms with Crippen molar-refractivity contribution >= 4 is 34.1 Å². The van der Waals surface area contributed by atoms with E-state index in [2.05, 4.69) is 21.6 Å². The zero-order chi connectivity index (χ0) is 15.0. The third-order valence-electron chi connectivity index (χ3n) is 3.42. The van der Waals surface area contributed by atoms with Gasteiger partial charge in [-0.05, 0) is 6.42 Å². The van der Waals surface area contributed by atoms with E-state index >= 15 is 0 Å². The molecule has 6 nitrogen and oxygen atoms in total. The summed E-state index contributed by atoms with van der Waals surface area (Å²) in [7, 11) is 1.92. The van der Waals surface area contributed by atoms with Crippen molar-refractivity contribution < 1.29 is 0 Å². The van der Waals surface area contributed by atoms with Crippen LogP contribution in [0.25, 0.3) is 11.2 Å². The van der Waals surface area contributed by atoms with Crippen LogP contribution in [0.1, 0.15) is 24.1 Å². The van der Waals surface area contributed by atoms with Gasteiger partial charge in [0.05, 0.1) is 12.2 Å². The maximum absolute atomic E-state index is 11.3. The molecule has 0 unspecified atom stereocenters. The van der Waals surface area contributed by atoms with Gasteiger partial charge >= 0.3 is 4.87 Å². The summed E-state index contributed by atoms with van der Waals surface area (Å²) in [5, 5.41) is 6.35. The lowest BCUT2D eigenvalue weighted by Gasteiger charge is -2.07. The van der Waals surface area contributed by atoms with E-state index in [1.807, 2.05) is 17.1 Å². The molecular formula is C13H16ClN5OS. The number of aromatic nitrogens is 5. The number of imidazole rings is 1. The van der Waals surface area contributed by atoms with Crippen LogP contribution >= 0.6 is 22.9 Å². The molecule has 3 heterocycles. The minimum absolute atomic E-state index is 0.0421. The first-order valence-electron chi connectivity index (χ1n) is 6.77.